The number of benzene rings is 1. The van der Waals surface area contributed by atoms with Gasteiger partial charge in [-0.3, -0.25) is 0 Å². The van der Waals surface area contributed by atoms with Crippen LogP contribution in [0.2, 0.25) is 0 Å². The molecule has 0 amide bonds. The van der Waals surface area contributed by atoms with E-state index in [9.17, 15) is 0 Å². The first-order chi connectivity index (χ1) is 10.3. The zero-order valence-electron chi connectivity index (χ0n) is 12.4. The van der Waals surface area contributed by atoms with Crippen molar-refractivity contribution in [3.63, 3.8) is 0 Å². The maximum absolute atomic E-state index is 8.63. The number of rotatable bonds is 9. The number of nitriles is 3. The number of unbranched alkanes of at least 4 members (excludes halogenated alkanes) is 3. The molecular weight excluding hydrogens is 258 g/mol. The summed E-state index contributed by atoms with van der Waals surface area (Å²) in [5, 5.41) is 25.9. The molecule has 1 aromatic carbocycles. The minimum absolute atomic E-state index is 0.586. The molecule has 21 heavy (non-hydrogen) atoms. The van der Waals surface area contributed by atoms with Crippen LogP contribution in [-0.2, 0) is 19.3 Å². The molecule has 0 spiro atoms. The van der Waals surface area contributed by atoms with E-state index in [1.807, 2.05) is 0 Å². The highest BCUT2D eigenvalue weighted by atomic mass is 14.2. The first-order valence-corrected chi connectivity index (χ1v) is 7.52. The first kappa shape index (κ1) is 16.7. The van der Waals surface area contributed by atoms with Gasteiger partial charge in [0.05, 0.1) is 18.2 Å². The lowest BCUT2D eigenvalue weighted by Crippen LogP contribution is -1.95. The topological polar surface area (TPSA) is 71.4 Å². The normalized spacial score (nSPS) is 9.57. The van der Waals surface area contributed by atoms with Crippen molar-refractivity contribution in [2.24, 2.45) is 0 Å². The summed E-state index contributed by atoms with van der Waals surface area (Å²) in [5.74, 6) is 0. The molecular formula is C18H21N3. The molecule has 0 saturated carbocycles. The highest BCUT2D eigenvalue weighted by Crippen LogP contribution is 2.17. The van der Waals surface area contributed by atoms with Gasteiger partial charge in [-0.05, 0) is 55.2 Å². The fraction of sp³-hybridized carbons (Fsp3) is 0.500. The lowest BCUT2D eigenvalue weighted by Gasteiger charge is -2.09. The summed E-state index contributed by atoms with van der Waals surface area (Å²) in [7, 11) is 0. The number of hydrogen-bond acceptors (Lipinski definition) is 3. The predicted molar refractivity (Wildman–Crippen MR) is 82.1 cm³/mol. The molecule has 0 saturated heterocycles. The van der Waals surface area contributed by atoms with Gasteiger partial charge in [0.1, 0.15) is 0 Å². The van der Waals surface area contributed by atoms with Crippen LogP contribution in [0.3, 0.4) is 0 Å². The van der Waals surface area contributed by atoms with E-state index >= 15 is 0 Å². The van der Waals surface area contributed by atoms with Gasteiger partial charge < -0.3 is 0 Å². The smallest absolute Gasteiger partial charge is 0.0621 e. The highest BCUT2D eigenvalue weighted by Gasteiger charge is 2.03. The fourth-order valence-electron chi connectivity index (χ4n) is 2.39. The van der Waals surface area contributed by atoms with Crippen molar-refractivity contribution >= 4 is 0 Å². The molecule has 0 radical (unpaired) electrons. The Kier molecular flexibility index (Phi) is 8.35. The highest BCUT2D eigenvalue weighted by molar-refractivity contribution is 5.31. The monoisotopic (exact) mass is 279 g/mol. The average molecular weight is 279 g/mol. The molecule has 0 bridgehead atoms. The van der Waals surface area contributed by atoms with Gasteiger partial charge in [-0.25, -0.2) is 0 Å². The van der Waals surface area contributed by atoms with Crippen molar-refractivity contribution in [1.29, 1.82) is 15.8 Å². The Balaban J connectivity index is 2.73. The zero-order valence-corrected chi connectivity index (χ0v) is 12.4. The van der Waals surface area contributed by atoms with Crippen molar-refractivity contribution in [2.45, 2.75) is 57.8 Å². The van der Waals surface area contributed by atoms with E-state index in [2.05, 4.69) is 36.4 Å². The van der Waals surface area contributed by atoms with Gasteiger partial charge in [0.2, 0.25) is 0 Å². The van der Waals surface area contributed by atoms with Crippen LogP contribution >= 0.6 is 0 Å². The molecule has 0 heterocycles. The average Bonchev–Trinajstić information content (AvgIpc) is 2.48. The molecule has 0 aromatic heterocycles. The molecule has 3 nitrogen and oxygen atoms in total. The van der Waals surface area contributed by atoms with Crippen LogP contribution in [-0.4, -0.2) is 0 Å². The van der Waals surface area contributed by atoms with Gasteiger partial charge in [0.15, 0.2) is 0 Å². The third-order valence-electron chi connectivity index (χ3n) is 3.37. The minimum atomic E-state index is 0.586. The molecule has 0 unspecified atom stereocenters. The molecule has 1 aromatic rings. The van der Waals surface area contributed by atoms with Crippen LogP contribution in [0.25, 0.3) is 0 Å². The molecule has 0 aliphatic carbocycles. The van der Waals surface area contributed by atoms with E-state index < -0.39 is 0 Å². The van der Waals surface area contributed by atoms with Gasteiger partial charge >= 0.3 is 0 Å². The molecule has 0 atom stereocenters. The van der Waals surface area contributed by atoms with Crippen molar-refractivity contribution < 1.29 is 0 Å². The van der Waals surface area contributed by atoms with E-state index in [0.29, 0.717) is 19.3 Å². The van der Waals surface area contributed by atoms with Crippen LogP contribution in [0.15, 0.2) is 18.2 Å². The Morgan fingerprint density at radius 2 is 0.857 bits per heavy atom. The Bertz CT molecular complexity index is 462. The largest absolute Gasteiger partial charge is 0.198 e. The Hall–Kier alpha value is -2.31. The molecule has 0 aliphatic rings. The molecule has 0 fully saturated rings. The van der Waals surface area contributed by atoms with Crippen LogP contribution in [0.5, 0.6) is 0 Å². The summed E-state index contributed by atoms with van der Waals surface area (Å²) < 4.78 is 0. The Morgan fingerprint density at radius 3 is 1.10 bits per heavy atom. The molecule has 1 rings (SSSR count). The standard InChI is InChI=1S/C18H21N3/c19-10-4-1-7-16-13-17(8-2-5-11-20)15-18(14-16)9-3-6-12-21/h13-15H,1-9H2. The van der Waals surface area contributed by atoms with E-state index in [1.165, 1.54) is 16.7 Å². The summed E-state index contributed by atoms with van der Waals surface area (Å²) in [6, 6.07) is 13.1. The van der Waals surface area contributed by atoms with Gasteiger partial charge in [-0.2, -0.15) is 15.8 Å². The Morgan fingerprint density at radius 1 is 0.571 bits per heavy atom. The number of aryl methyl sites for hydroxylation is 3. The third-order valence-corrected chi connectivity index (χ3v) is 3.37. The lowest BCUT2D eigenvalue weighted by molar-refractivity contribution is 0.813. The maximum atomic E-state index is 8.63. The van der Waals surface area contributed by atoms with E-state index in [-0.39, 0.29) is 0 Å². The minimum Gasteiger partial charge on any atom is -0.198 e. The summed E-state index contributed by atoms with van der Waals surface area (Å²) in [6.45, 7) is 0. The zero-order chi connectivity index (χ0) is 15.3. The van der Waals surface area contributed by atoms with Gasteiger partial charge in [0.25, 0.3) is 0 Å². The van der Waals surface area contributed by atoms with E-state index in [0.717, 1.165) is 38.5 Å². The second-order valence-electron chi connectivity index (χ2n) is 5.19. The number of nitrogens with zero attached hydrogens (tertiary/aromatic N) is 3. The predicted octanol–water partition coefficient (Wildman–Crippen LogP) is 4.23. The van der Waals surface area contributed by atoms with E-state index in [1.54, 1.807) is 0 Å². The summed E-state index contributed by atoms with van der Waals surface area (Å²) in [6.07, 6.45) is 7.18. The summed E-state index contributed by atoms with van der Waals surface area (Å²) >= 11 is 0. The molecule has 108 valence electrons. The SMILES string of the molecule is N#CCCCc1cc(CCCC#N)cc(CCCC#N)c1. The third kappa shape index (κ3) is 7.14. The second-order valence-corrected chi connectivity index (χ2v) is 5.19. The van der Waals surface area contributed by atoms with Crippen molar-refractivity contribution in [3.8, 4) is 18.2 Å². The van der Waals surface area contributed by atoms with Crippen LogP contribution in [0.1, 0.15) is 55.2 Å². The second kappa shape index (κ2) is 10.5. The van der Waals surface area contributed by atoms with Gasteiger partial charge in [-0.15, -0.1) is 0 Å². The first-order valence-electron chi connectivity index (χ1n) is 7.52. The summed E-state index contributed by atoms with van der Waals surface area (Å²) in [5.41, 5.74) is 3.81. The van der Waals surface area contributed by atoms with Crippen molar-refractivity contribution in [2.75, 3.05) is 0 Å². The van der Waals surface area contributed by atoms with Crippen molar-refractivity contribution in [3.05, 3.63) is 34.9 Å². The quantitative estimate of drug-likeness (QED) is 0.635. The van der Waals surface area contributed by atoms with Gasteiger partial charge in [0, 0.05) is 19.3 Å². The Labute approximate surface area is 127 Å². The number of hydrogen-bond donors (Lipinski definition) is 0. The van der Waals surface area contributed by atoms with Crippen LogP contribution < -0.4 is 0 Å². The van der Waals surface area contributed by atoms with E-state index in [4.69, 9.17) is 15.8 Å². The fourth-order valence-corrected chi connectivity index (χ4v) is 2.39. The molecule has 0 aliphatic heterocycles. The van der Waals surface area contributed by atoms with Crippen molar-refractivity contribution in [1.82, 2.24) is 0 Å². The maximum Gasteiger partial charge on any atom is 0.0621 e. The van der Waals surface area contributed by atoms with Crippen LogP contribution in [0, 0.1) is 34.0 Å². The lowest BCUT2D eigenvalue weighted by atomic mass is 9.96. The van der Waals surface area contributed by atoms with Gasteiger partial charge in [-0.1, -0.05) is 18.2 Å². The molecule has 0 N–H and O–H groups in total. The summed E-state index contributed by atoms with van der Waals surface area (Å²) in [4.78, 5) is 0. The molecule has 3 heteroatoms. The van der Waals surface area contributed by atoms with Crippen LogP contribution in [0.4, 0.5) is 0 Å².